The van der Waals surface area contributed by atoms with Crippen LogP contribution in [0.1, 0.15) is 32.1 Å². The first-order valence-corrected chi connectivity index (χ1v) is 5.19. The van der Waals surface area contributed by atoms with Gasteiger partial charge in [0.2, 0.25) is 0 Å². The van der Waals surface area contributed by atoms with Crippen LogP contribution in [-0.2, 0) is 5.54 Å². The molecule has 3 rings (SSSR count). The zero-order valence-electron chi connectivity index (χ0n) is 7.79. The van der Waals surface area contributed by atoms with E-state index < -0.39 is 0 Å². The van der Waals surface area contributed by atoms with E-state index in [2.05, 4.69) is 21.2 Å². The minimum Gasteiger partial charge on any atom is -0.368 e. The van der Waals surface area contributed by atoms with Gasteiger partial charge >= 0.3 is 0 Å². The highest BCUT2D eigenvalue weighted by Gasteiger charge is 2.39. The molecule has 1 aromatic heterocycles. The number of rotatable bonds is 0. The van der Waals surface area contributed by atoms with Crippen molar-refractivity contribution in [2.24, 2.45) is 0 Å². The molecular weight excluding hydrogens is 162 g/mol. The summed E-state index contributed by atoms with van der Waals surface area (Å²) in [4.78, 5) is 0. The predicted octanol–water partition coefficient (Wildman–Crippen LogP) is 1.97. The molecule has 1 aliphatic carbocycles. The van der Waals surface area contributed by atoms with Crippen molar-refractivity contribution >= 4 is 5.82 Å². The molecule has 3 nitrogen and oxygen atoms in total. The fourth-order valence-corrected chi connectivity index (χ4v) is 2.74. The van der Waals surface area contributed by atoms with Gasteiger partial charge in [0, 0.05) is 12.6 Å². The van der Waals surface area contributed by atoms with E-state index in [1.807, 2.05) is 6.20 Å². The van der Waals surface area contributed by atoms with E-state index in [4.69, 9.17) is 0 Å². The van der Waals surface area contributed by atoms with Crippen molar-refractivity contribution in [3.63, 3.8) is 0 Å². The van der Waals surface area contributed by atoms with Gasteiger partial charge in [0.1, 0.15) is 5.82 Å². The molecule has 1 spiro atoms. The highest BCUT2D eigenvalue weighted by molar-refractivity contribution is 5.40. The summed E-state index contributed by atoms with van der Waals surface area (Å²) in [5, 5.41) is 7.87. The van der Waals surface area contributed by atoms with Crippen molar-refractivity contribution in [3.8, 4) is 0 Å². The molecule has 1 fully saturated rings. The van der Waals surface area contributed by atoms with Crippen molar-refractivity contribution in [1.82, 2.24) is 9.78 Å². The smallest absolute Gasteiger partial charge is 0.125 e. The molecule has 1 aromatic rings. The summed E-state index contributed by atoms with van der Waals surface area (Å²) in [5.74, 6) is 1.21. The molecule has 0 unspecified atom stereocenters. The maximum Gasteiger partial charge on any atom is 0.125 e. The average Bonchev–Trinajstić information content (AvgIpc) is 2.73. The maximum absolute atomic E-state index is 4.43. The van der Waals surface area contributed by atoms with Crippen molar-refractivity contribution in [3.05, 3.63) is 12.3 Å². The molecule has 0 atom stereocenters. The molecule has 3 heteroatoms. The van der Waals surface area contributed by atoms with Crippen LogP contribution in [0.3, 0.4) is 0 Å². The lowest BCUT2D eigenvalue weighted by atomic mass is 9.82. The number of nitrogens with zero attached hydrogens (tertiary/aromatic N) is 2. The third kappa shape index (κ3) is 0.929. The zero-order valence-corrected chi connectivity index (χ0v) is 7.79. The van der Waals surface area contributed by atoms with Gasteiger partial charge in [-0.2, -0.15) is 5.10 Å². The Balaban J connectivity index is 2.00. The first-order valence-electron chi connectivity index (χ1n) is 5.19. The van der Waals surface area contributed by atoms with E-state index >= 15 is 0 Å². The Hall–Kier alpha value is -0.990. The maximum atomic E-state index is 4.43. The molecule has 1 N–H and O–H groups in total. The first-order chi connectivity index (χ1) is 6.41. The Morgan fingerprint density at radius 2 is 2.15 bits per heavy atom. The summed E-state index contributed by atoms with van der Waals surface area (Å²) in [6.45, 7) is 1.09. The van der Waals surface area contributed by atoms with Crippen LogP contribution in [0.15, 0.2) is 12.3 Å². The first kappa shape index (κ1) is 7.42. The highest BCUT2D eigenvalue weighted by Crippen LogP contribution is 2.39. The fraction of sp³-hybridized carbons (Fsp3) is 0.700. The molecular formula is C10H15N3. The zero-order chi connectivity index (χ0) is 8.73. The van der Waals surface area contributed by atoms with Gasteiger partial charge in [0.15, 0.2) is 0 Å². The van der Waals surface area contributed by atoms with Gasteiger partial charge in [-0.1, -0.05) is 19.3 Å². The standard InChI is InChI=1S/C10H15N3/c1-2-5-10(6-3-1)8-11-9-4-7-12-13(9)10/h4,7,11H,1-3,5-6,8H2. The van der Waals surface area contributed by atoms with Gasteiger partial charge in [-0.05, 0) is 12.8 Å². The summed E-state index contributed by atoms with van der Waals surface area (Å²) >= 11 is 0. The van der Waals surface area contributed by atoms with Crippen molar-refractivity contribution in [2.45, 2.75) is 37.6 Å². The van der Waals surface area contributed by atoms with Crippen LogP contribution in [0.2, 0.25) is 0 Å². The summed E-state index contributed by atoms with van der Waals surface area (Å²) in [7, 11) is 0. The van der Waals surface area contributed by atoms with Crippen molar-refractivity contribution in [1.29, 1.82) is 0 Å². The highest BCUT2D eigenvalue weighted by atomic mass is 15.4. The number of hydrogen-bond donors (Lipinski definition) is 1. The molecule has 0 bridgehead atoms. The minimum atomic E-state index is 0.330. The van der Waals surface area contributed by atoms with Gasteiger partial charge in [-0.25, -0.2) is 4.68 Å². The minimum absolute atomic E-state index is 0.330. The molecule has 70 valence electrons. The Morgan fingerprint density at radius 3 is 3.00 bits per heavy atom. The monoisotopic (exact) mass is 177 g/mol. The molecule has 1 saturated carbocycles. The van der Waals surface area contributed by atoms with Gasteiger partial charge in [0.05, 0.1) is 11.7 Å². The molecule has 2 aliphatic rings. The van der Waals surface area contributed by atoms with E-state index in [-0.39, 0.29) is 0 Å². The third-order valence-electron chi connectivity index (χ3n) is 3.47. The SMILES string of the molecule is c1cc2n(n1)C1(CCCCC1)CN2. The lowest BCUT2D eigenvalue weighted by molar-refractivity contribution is 0.209. The lowest BCUT2D eigenvalue weighted by Gasteiger charge is -2.32. The van der Waals surface area contributed by atoms with Gasteiger partial charge in [-0.15, -0.1) is 0 Å². The molecule has 0 aromatic carbocycles. The third-order valence-corrected chi connectivity index (χ3v) is 3.47. The van der Waals surface area contributed by atoms with Gasteiger partial charge < -0.3 is 5.32 Å². The number of anilines is 1. The number of fused-ring (bicyclic) bond motifs is 2. The van der Waals surface area contributed by atoms with Gasteiger partial charge in [0.25, 0.3) is 0 Å². The lowest BCUT2D eigenvalue weighted by Crippen LogP contribution is -2.36. The topological polar surface area (TPSA) is 29.9 Å². The Kier molecular flexibility index (Phi) is 1.43. The second kappa shape index (κ2) is 2.50. The molecule has 0 amide bonds. The van der Waals surface area contributed by atoms with Crippen LogP contribution in [0.5, 0.6) is 0 Å². The summed E-state index contributed by atoms with van der Waals surface area (Å²) in [5.41, 5.74) is 0.330. The second-order valence-corrected chi connectivity index (χ2v) is 4.27. The van der Waals surface area contributed by atoms with Crippen LogP contribution in [0.25, 0.3) is 0 Å². The quantitative estimate of drug-likeness (QED) is 0.656. The van der Waals surface area contributed by atoms with E-state index in [0.29, 0.717) is 5.54 Å². The molecule has 2 heterocycles. The van der Waals surface area contributed by atoms with Crippen LogP contribution < -0.4 is 5.32 Å². The molecule has 13 heavy (non-hydrogen) atoms. The van der Waals surface area contributed by atoms with E-state index in [0.717, 1.165) is 6.54 Å². The summed E-state index contributed by atoms with van der Waals surface area (Å²) in [6.07, 6.45) is 8.63. The number of aromatic nitrogens is 2. The van der Waals surface area contributed by atoms with Crippen molar-refractivity contribution in [2.75, 3.05) is 11.9 Å². The average molecular weight is 177 g/mol. The Bertz CT molecular complexity index is 310. The number of hydrogen-bond acceptors (Lipinski definition) is 2. The Labute approximate surface area is 78.1 Å². The predicted molar refractivity (Wildman–Crippen MR) is 51.8 cm³/mol. The summed E-state index contributed by atoms with van der Waals surface area (Å²) in [6, 6.07) is 2.07. The van der Waals surface area contributed by atoms with E-state index in [1.165, 1.54) is 37.9 Å². The largest absolute Gasteiger partial charge is 0.368 e. The van der Waals surface area contributed by atoms with Crippen LogP contribution >= 0.6 is 0 Å². The van der Waals surface area contributed by atoms with E-state index in [1.54, 1.807) is 0 Å². The Morgan fingerprint density at radius 1 is 1.31 bits per heavy atom. The normalized spacial score (nSPS) is 24.3. The molecule has 1 aliphatic heterocycles. The molecule has 0 radical (unpaired) electrons. The van der Waals surface area contributed by atoms with Crippen LogP contribution in [-0.4, -0.2) is 16.3 Å². The van der Waals surface area contributed by atoms with Crippen LogP contribution in [0.4, 0.5) is 5.82 Å². The fourth-order valence-electron chi connectivity index (χ4n) is 2.74. The second-order valence-electron chi connectivity index (χ2n) is 4.27. The molecule has 0 saturated heterocycles. The summed E-state index contributed by atoms with van der Waals surface area (Å²) < 4.78 is 2.21. The van der Waals surface area contributed by atoms with Gasteiger partial charge in [-0.3, -0.25) is 0 Å². The van der Waals surface area contributed by atoms with E-state index in [9.17, 15) is 0 Å². The van der Waals surface area contributed by atoms with Crippen molar-refractivity contribution < 1.29 is 0 Å². The number of nitrogens with one attached hydrogen (secondary N) is 1. The van der Waals surface area contributed by atoms with Crippen LogP contribution in [0, 0.1) is 0 Å².